The number of phosphoric acid groups is 1. The molecule has 1 unspecified atom stereocenters. The first-order valence-electron chi connectivity index (χ1n) is 21.0. The van der Waals surface area contributed by atoms with E-state index in [2.05, 4.69) is 25.7 Å². The molecule has 0 amide bonds. The first kappa shape index (κ1) is 50.5. The Morgan fingerprint density at radius 1 is 0.635 bits per heavy atom. The Morgan fingerprint density at radius 2 is 1.08 bits per heavy atom. The SMILES string of the molecule is C=CCCCCCCCCCCCCCCCC(=O)OC[C@H](COP(=O)(O)OCC[N+](C)(C)C)OC(=O)CCCCC/C=C/CCCCCCCC. The van der Waals surface area contributed by atoms with Gasteiger partial charge >= 0.3 is 19.8 Å². The molecule has 0 saturated heterocycles. The number of hydrogen-bond acceptors (Lipinski definition) is 7. The van der Waals surface area contributed by atoms with Crippen LogP contribution < -0.4 is 0 Å². The molecule has 2 atom stereocenters. The molecule has 0 aliphatic carbocycles. The second-order valence-electron chi connectivity index (χ2n) is 15.5. The highest BCUT2D eigenvalue weighted by molar-refractivity contribution is 7.47. The van der Waals surface area contributed by atoms with Gasteiger partial charge in [-0.15, -0.1) is 6.58 Å². The van der Waals surface area contributed by atoms with E-state index in [1.54, 1.807) is 0 Å². The molecule has 0 aromatic carbocycles. The minimum Gasteiger partial charge on any atom is -0.462 e. The largest absolute Gasteiger partial charge is 0.472 e. The van der Waals surface area contributed by atoms with E-state index in [1.807, 2.05) is 27.2 Å². The van der Waals surface area contributed by atoms with Crippen LogP contribution in [-0.4, -0.2) is 74.9 Å². The number of phosphoric ester groups is 1. The van der Waals surface area contributed by atoms with Crippen LogP contribution in [0.2, 0.25) is 0 Å². The molecule has 306 valence electrons. The van der Waals surface area contributed by atoms with Crippen molar-refractivity contribution in [2.45, 2.75) is 186 Å². The molecule has 0 bridgehead atoms. The van der Waals surface area contributed by atoms with Crippen LogP contribution in [-0.2, 0) is 32.7 Å². The lowest BCUT2D eigenvalue weighted by Gasteiger charge is -2.24. The summed E-state index contributed by atoms with van der Waals surface area (Å²) in [4.78, 5) is 35.3. The van der Waals surface area contributed by atoms with Gasteiger partial charge in [0, 0.05) is 12.8 Å². The fraction of sp³-hybridized carbons (Fsp3) is 0.857. The molecule has 1 N–H and O–H groups in total. The van der Waals surface area contributed by atoms with Gasteiger partial charge in [-0.3, -0.25) is 18.6 Å². The average molecular weight is 759 g/mol. The summed E-state index contributed by atoms with van der Waals surface area (Å²) >= 11 is 0. The van der Waals surface area contributed by atoms with Crippen molar-refractivity contribution in [3.05, 3.63) is 24.8 Å². The Balaban J connectivity index is 4.37. The number of nitrogens with zero attached hydrogens (tertiary/aromatic N) is 1. The molecule has 52 heavy (non-hydrogen) atoms. The summed E-state index contributed by atoms with van der Waals surface area (Å²) in [6.45, 7) is 5.91. The quantitative estimate of drug-likeness (QED) is 0.0217. The number of ether oxygens (including phenoxy) is 2. The van der Waals surface area contributed by atoms with Gasteiger partial charge in [-0.2, -0.15) is 0 Å². The molecule has 0 aromatic rings. The Kier molecular flexibility index (Phi) is 34.2. The standard InChI is InChI=1S/C42H80NO8P/c1-6-8-10-12-14-16-18-20-21-23-24-26-28-30-32-34-41(44)48-38-40(39-50-52(46,47)49-37-36-43(3,4)5)51-42(45)35-33-31-29-27-25-22-19-17-15-13-11-9-7-2/h6,22,25,40H,1,7-21,23-24,26-39H2,2-5H3/p+1/b25-22+/t40-/m1/s1. The summed E-state index contributed by atoms with van der Waals surface area (Å²) in [6, 6.07) is 0. The van der Waals surface area contributed by atoms with Crippen molar-refractivity contribution in [2.24, 2.45) is 0 Å². The van der Waals surface area contributed by atoms with E-state index in [4.69, 9.17) is 18.5 Å². The zero-order chi connectivity index (χ0) is 38.6. The minimum atomic E-state index is -4.37. The van der Waals surface area contributed by atoms with E-state index in [0.29, 0.717) is 17.4 Å². The van der Waals surface area contributed by atoms with Crippen LogP contribution in [0.5, 0.6) is 0 Å². The van der Waals surface area contributed by atoms with Crippen LogP contribution in [0.1, 0.15) is 180 Å². The summed E-state index contributed by atoms with van der Waals surface area (Å²) in [7, 11) is 1.47. The van der Waals surface area contributed by atoms with Crippen LogP contribution >= 0.6 is 7.82 Å². The van der Waals surface area contributed by atoms with Gasteiger partial charge in [0.25, 0.3) is 0 Å². The Morgan fingerprint density at radius 3 is 1.58 bits per heavy atom. The molecule has 0 rings (SSSR count). The van der Waals surface area contributed by atoms with Gasteiger partial charge in [-0.05, 0) is 51.4 Å². The molecule has 10 heteroatoms. The second kappa shape index (κ2) is 35.2. The highest BCUT2D eigenvalue weighted by atomic mass is 31.2. The number of likely N-dealkylation sites (N-methyl/N-ethyl adjacent to an activating group) is 1. The fourth-order valence-corrected chi connectivity index (χ4v) is 6.49. The van der Waals surface area contributed by atoms with Crippen LogP contribution in [0.3, 0.4) is 0 Å². The fourth-order valence-electron chi connectivity index (χ4n) is 5.75. The van der Waals surface area contributed by atoms with Crippen molar-refractivity contribution in [1.82, 2.24) is 0 Å². The van der Waals surface area contributed by atoms with Gasteiger partial charge < -0.3 is 18.9 Å². The molecule has 0 aromatic heterocycles. The van der Waals surface area contributed by atoms with E-state index in [1.165, 1.54) is 103 Å². The number of hydrogen-bond donors (Lipinski definition) is 1. The van der Waals surface area contributed by atoms with Gasteiger partial charge in [0.05, 0.1) is 27.7 Å². The van der Waals surface area contributed by atoms with Gasteiger partial charge in [-0.1, -0.05) is 134 Å². The maximum absolute atomic E-state index is 12.6. The topological polar surface area (TPSA) is 108 Å². The van der Waals surface area contributed by atoms with Crippen molar-refractivity contribution in [1.29, 1.82) is 0 Å². The number of unbranched alkanes of at least 4 members (excludes halogenated alkanes) is 22. The number of carbonyl (C=O) groups excluding carboxylic acids is 2. The Labute approximate surface area is 319 Å². The van der Waals surface area contributed by atoms with Crippen molar-refractivity contribution in [3.8, 4) is 0 Å². The molecule has 0 radical (unpaired) electrons. The maximum Gasteiger partial charge on any atom is 0.472 e. The van der Waals surface area contributed by atoms with Crippen molar-refractivity contribution < 1.29 is 42.1 Å². The summed E-state index contributed by atoms with van der Waals surface area (Å²) in [6.07, 6.45) is 35.4. The van der Waals surface area contributed by atoms with Crippen LogP contribution in [0.4, 0.5) is 0 Å². The summed E-state index contributed by atoms with van der Waals surface area (Å²) < 4.78 is 34.2. The first-order chi connectivity index (χ1) is 25.0. The normalized spacial score (nSPS) is 13.6. The monoisotopic (exact) mass is 759 g/mol. The van der Waals surface area contributed by atoms with Crippen LogP contribution in [0, 0.1) is 0 Å². The number of esters is 2. The highest BCUT2D eigenvalue weighted by Crippen LogP contribution is 2.43. The lowest BCUT2D eigenvalue weighted by Crippen LogP contribution is -2.37. The zero-order valence-corrected chi connectivity index (χ0v) is 35.0. The number of carbonyl (C=O) groups is 2. The molecule has 0 aliphatic heterocycles. The predicted octanol–water partition coefficient (Wildman–Crippen LogP) is 11.6. The van der Waals surface area contributed by atoms with Gasteiger partial charge in [-0.25, -0.2) is 4.57 Å². The molecule has 0 heterocycles. The smallest absolute Gasteiger partial charge is 0.462 e. The average Bonchev–Trinajstić information content (AvgIpc) is 3.09. The third kappa shape index (κ3) is 38.2. The third-order valence-electron chi connectivity index (χ3n) is 9.10. The Hall–Kier alpha value is -1.51. The first-order valence-corrected chi connectivity index (χ1v) is 22.5. The molecule has 0 spiro atoms. The van der Waals surface area contributed by atoms with Crippen molar-refractivity contribution in [2.75, 3.05) is 47.5 Å². The molecule has 0 fully saturated rings. The minimum absolute atomic E-state index is 0.0297. The second-order valence-corrected chi connectivity index (χ2v) is 16.9. The van der Waals surface area contributed by atoms with Crippen LogP contribution in [0.15, 0.2) is 24.8 Å². The predicted molar refractivity (Wildman–Crippen MR) is 215 cm³/mol. The van der Waals surface area contributed by atoms with E-state index in [-0.39, 0.29) is 32.0 Å². The van der Waals surface area contributed by atoms with Gasteiger partial charge in [0.15, 0.2) is 6.10 Å². The van der Waals surface area contributed by atoms with E-state index in [9.17, 15) is 19.0 Å². The molecular weight excluding hydrogens is 677 g/mol. The third-order valence-corrected chi connectivity index (χ3v) is 10.1. The van der Waals surface area contributed by atoms with Crippen LogP contribution in [0.25, 0.3) is 0 Å². The van der Waals surface area contributed by atoms with Crippen molar-refractivity contribution in [3.63, 3.8) is 0 Å². The van der Waals surface area contributed by atoms with E-state index >= 15 is 0 Å². The van der Waals surface area contributed by atoms with Crippen molar-refractivity contribution >= 4 is 19.8 Å². The number of rotatable bonds is 39. The van der Waals surface area contributed by atoms with Gasteiger partial charge in [0.2, 0.25) is 0 Å². The number of allylic oxidation sites excluding steroid dienone is 3. The molecule has 0 aliphatic rings. The van der Waals surface area contributed by atoms with E-state index < -0.39 is 26.5 Å². The summed E-state index contributed by atoms with van der Waals surface area (Å²) in [5, 5.41) is 0. The van der Waals surface area contributed by atoms with E-state index in [0.717, 1.165) is 51.4 Å². The summed E-state index contributed by atoms with van der Waals surface area (Å²) in [5.41, 5.74) is 0. The molecule has 0 saturated carbocycles. The Bertz CT molecular complexity index is 935. The molecule has 9 nitrogen and oxygen atoms in total. The lowest BCUT2D eigenvalue weighted by atomic mass is 10.0. The summed E-state index contributed by atoms with van der Waals surface area (Å²) in [5.74, 6) is -0.817. The highest BCUT2D eigenvalue weighted by Gasteiger charge is 2.27. The zero-order valence-electron chi connectivity index (χ0n) is 34.1. The number of quaternary nitrogens is 1. The maximum atomic E-state index is 12.6. The lowest BCUT2D eigenvalue weighted by molar-refractivity contribution is -0.870. The molecular formula is C42H81NO8P+. The van der Waals surface area contributed by atoms with Gasteiger partial charge in [0.1, 0.15) is 19.8 Å².